The van der Waals surface area contributed by atoms with Crippen LogP contribution in [-0.4, -0.2) is 16.6 Å². The minimum atomic E-state index is -0.106. The van der Waals surface area contributed by atoms with Gasteiger partial charge in [-0.3, -0.25) is 4.79 Å². The lowest BCUT2D eigenvalue weighted by Gasteiger charge is -1.88. The van der Waals surface area contributed by atoms with Gasteiger partial charge in [0.25, 0.3) is 0 Å². The minimum absolute atomic E-state index is 0.00119. The van der Waals surface area contributed by atoms with Crippen LogP contribution in [-0.2, 0) is 0 Å². The smallest absolute Gasteiger partial charge is 0.206 e. The van der Waals surface area contributed by atoms with Gasteiger partial charge in [-0.2, -0.15) is 0 Å². The Balaban J connectivity index is 2.56. The van der Waals surface area contributed by atoms with Crippen LogP contribution in [0.2, 0.25) is 0 Å². The second-order valence-corrected chi connectivity index (χ2v) is 4.34. The summed E-state index contributed by atoms with van der Waals surface area (Å²) in [5, 5.41) is 0.501. The molecule has 0 unspecified atom stereocenters. The number of carbonyl (C=O) groups is 1. The number of ketones is 1. The van der Waals surface area contributed by atoms with Crippen molar-refractivity contribution >= 4 is 38.9 Å². The summed E-state index contributed by atoms with van der Waals surface area (Å²) in [4.78, 5) is 15.5. The summed E-state index contributed by atoms with van der Waals surface area (Å²) in [6.07, 6.45) is 0. The molecule has 0 bridgehead atoms. The molecule has 0 spiro atoms. The summed E-state index contributed by atoms with van der Waals surface area (Å²) in [6.45, 7) is 2.02. The predicted molar refractivity (Wildman–Crippen MR) is 59.4 cm³/mol. The lowest BCUT2D eigenvalue weighted by molar-refractivity contribution is 0.102. The van der Waals surface area contributed by atoms with Crippen LogP contribution in [0.25, 0.3) is 10.2 Å². The number of hydrogen-bond donors (Lipinski definition) is 0. The van der Waals surface area contributed by atoms with Gasteiger partial charge in [0.2, 0.25) is 5.78 Å². The normalized spacial score (nSPS) is 10.7. The topological polar surface area (TPSA) is 30.0 Å². The molecule has 0 saturated carbocycles. The number of thiazole rings is 1. The molecule has 1 aromatic heterocycles. The number of hydrogen-bond acceptors (Lipinski definition) is 3. The predicted octanol–water partition coefficient (Wildman–Crippen LogP) is 3.03. The van der Waals surface area contributed by atoms with Gasteiger partial charge >= 0.3 is 0 Å². The van der Waals surface area contributed by atoms with Crippen LogP contribution in [0, 0.1) is 6.92 Å². The molecular formula is C10H8ClNOS. The van der Waals surface area contributed by atoms with Crippen molar-refractivity contribution < 1.29 is 4.79 Å². The van der Waals surface area contributed by atoms with Gasteiger partial charge in [-0.1, -0.05) is 6.07 Å². The summed E-state index contributed by atoms with van der Waals surface area (Å²) in [7, 11) is 0. The van der Waals surface area contributed by atoms with E-state index in [-0.39, 0.29) is 11.7 Å². The van der Waals surface area contributed by atoms with Crippen molar-refractivity contribution in [3.8, 4) is 0 Å². The summed E-state index contributed by atoms with van der Waals surface area (Å²) in [5.41, 5.74) is 2.04. The third kappa shape index (κ3) is 1.65. The Hall–Kier alpha value is -0.930. The number of aromatic nitrogens is 1. The number of carbonyl (C=O) groups excluding carboxylic acids is 1. The van der Waals surface area contributed by atoms with Gasteiger partial charge < -0.3 is 0 Å². The fourth-order valence-electron chi connectivity index (χ4n) is 1.21. The van der Waals surface area contributed by atoms with Crippen molar-refractivity contribution in [2.24, 2.45) is 0 Å². The Bertz CT molecular complexity index is 492. The first-order valence-electron chi connectivity index (χ1n) is 4.17. The molecule has 0 aliphatic heterocycles. The molecule has 1 heterocycles. The molecule has 1 aromatic carbocycles. The Morgan fingerprint density at radius 2 is 2.36 bits per heavy atom. The lowest BCUT2D eigenvalue weighted by atomic mass is 10.2. The molecule has 72 valence electrons. The number of halogens is 1. The molecule has 0 aliphatic carbocycles. The van der Waals surface area contributed by atoms with E-state index < -0.39 is 0 Å². The molecule has 2 aromatic rings. The van der Waals surface area contributed by atoms with Gasteiger partial charge in [0, 0.05) is 0 Å². The highest BCUT2D eigenvalue weighted by atomic mass is 35.5. The van der Waals surface area contributed by atoms with Crippen molar-refractivity contribution in [3.05, 3.63) is 28.8 Å². The van der Waals surface area contributed by atoms with Crippen LogP contribution in [0.5, 0.6) is 0 Å². The first-order chi connectivity index (χ1) is 6.70. The number of fused-ring (bicyclic) bond motifs is 1. The number of Topliss-reactive ketones (excluding diaryl/α,β-unsaturated/α-hetero) is 1. The number of nitrogens with zero attached hydrogens (tertiary/aromatic N) is 1. The van der Waals surface area contributed by atoms with Gasteiger partial charge in [-0.05, 0) is 24.6 Å². The van der Waals surface area contributed by atoms with Crippen LogP contribution >= 0.6 is 22.9 Å². The van der Waals surface area contributed by atoms with Crippen molar-refractivity contribution in [1.82, 2.24) is 4.98 Å². The number of aryl methyl sites for hydroxylation is 1. The third-order valence-electron chi connectivity index (χ3n) is 1.90. The van der Waals surface area contributed by atoms with E-state index in [0.717, 1.165) is 10.2 Å². The molecule has 0 fully saturated rings. The number of alkyl halides is 1. The molecule has 0 aliphatic rings. The van der Waals surface area contributed by atoms with Crippen molar-refractivity contribution in [2.75, 3.05) is 5.88 Å². The van der Waals surface area contributed by atoms with Gasteiger partial charge in [-0.15, -0.1) is 22.9 Å². The van der Waals surface area contributed by atoms with E-state index in [1.165, 1.54) is 16.9 Å². The second-order valence-electron chi connectivity index (χ2n) is 3.05. The fraction of sp³-hybridized carbons (Fsp3) is 0.200. The highest BCUT2D eigenvalue weighted by Crippen LogP contribution is 2.23. The van der Waals surface area contributed by atoms with Crippen LogP contribution < -0.4 is 0 Å². The Morgan fingerprint density at radius 3 is 3.07 bits per heavy atom. The molecule has 0 atom stereocenters. The van der Waals surface area contributed by atoms with Crippen LogP contribution in [0.4, 0.5) is 0 Å². The van der Waals surface area contributed by atoms with E-state index in [1.54, 1.807) is 0 Å². The average molecular weight is 226 g/mol. The van der Waals surface area contributed by atoms with E-state index >= 15 is 0 Å². The second kappa shape index (κ2) is 3.67. The Morgan fingerprint density at radius 1 is 1.57 bits per heavy atom. The Kier molecular flexibility index (Phi) is 2.52. The maximum Gasteiger partial charge on any atom is 0.206 e. The molecule has 0 N–H and O–H groups in total. The van der Waals surface area contributed by atoms with Gasteiger partial charge in [0.15, 0.2) is 5.01 Å². The highest BCUT2D eigenvalue weighted by molar-refractivity contribution is 7.20. The first kappa shape index (κ1) is 9.62. The Labute approximate surface area is 90.5 Å². The lowest BCUT2D eigenvalue weighted by Crippen LogP contribution is -1.98. The SMILES string of the molecule is Cc1ccc2nc(C(=O)CCl)sc2c1. The van der Waals surface area contributed by atoms with Crippen molar-refractivity contribution in [1.29, 1.82) is 0 Å². The van der Waals surface area contributed by atoms with Crippen molar-refractivity contribution in [2.45, 2.75) is 6.92 Å². The summed E-state index contributed by atoms with van der Waals surface area (Å²) in [5.74, 6) is -0.107. The zero-order valence-electron chi connectivity index (χ0n) is 7.58. The standard InChI is InChI=1S/C10H8ClNOS/c1-6-2-3-7-9(4-6)14-10(12-7)8(13)5-11/h2-4H,5H2,1H3. The molecule has 14 heavy (non-hydrogen) atoms. The molecular weight excluding hydrogens is 218 g/mol. The van der Waals surface area contributed by atoms with Gasteiger partial charge in [-0.25, -0.2) is 4.98 Å². The highest BCUT2D eigenvalue weighted by Gasteiger charge is 2.10. The first-order valence-corrected chi connectivity index (χ1v) is 5.52. The van der Waals surface area contributed by atoms with E-state index in [0.29, 0.717) is 5.01 Å². The van der Waals surface area contributed by atoms with Crippen molar-refractivity contribution in [3.63, 3.8) is 0 Å². The maximum atomic E-state index is 11.3. The van der Waals surface area contributed by atoms with E-state index in [4.69, 9.17) is 11.6 Å². The fourth-order valence-corrected chi connectivity index (χ4v) is 2.42. The zero-order chi connectivity index (χ0) is 10.1. The summed E-state index contributed by atoms with van der Waals surface area (Å²) < 4.78 is 1.04. The molecule has 4 heteroatoms. The molecule has 0 radical (unpaired) electrons. The maximum absolute atomic E-state index is 11.3. The van der Waals surface area contributed by atoms with Crippen LogP contribution in [0.15, 0.2) is 18.2 Å². The molecule has 0 amide bonds. The summed E-state index contributed by atoms with van der Waals surface area (Å²) >= 11 is 6.86. The monoisotopic (exact) mass is 225 g/mol. The van der Waals surface area contributed by atoms with Crippen LogP contribution in [0.1, 0.15) is 15.4 Å². The van der Waals surface area contributed by atoms with E-state index in [2.05, 4.69) is 4.98 Å². The number of rotatable bonds is 2. The van der Waals surface area contributed by atoms with Crippen LogP contribution in [0.3, 0.4) is 0 Å². The van der Waals surface area contributed by atoms with Gasteiger partial charge in [0.05, 0.1) is 16.1 Å². The molecule has 2 nitrogen and oxygen atoms in total. The average Bonchev–Trinajstić information content (AvgIpc) is 2.59. The zero-order valence-corrected chi connectivity index (χ0v) is 9.15. The third-order valence-corrected chi connectivity index (χ3v) is 3.21. The minimum Gasteiger partial charge on any atom is -0.290 e. The van der Waals surface area contributed by atoms with E-state index in [1.807, 2.05) is 25.1 Å². The summed E-state index contributed by atoms with van der Waals surface area (Å²) in [6, 6.07) is 5.93. The molecule has 2 rings (SSSR count). The molecule has 0 saturated heterocycles. The number of benzene rings is 1. The van der Waals surface area contributed by atoms with Gasteiger partial charge in [0.1, 0.15) is 0 Å². The largest absolute Gasteiger partial charge is 0.290 e. The van der Waals surface area contributed by atoms with E-state index in [9.17, 15) is 4.79 Å². The quantitative estimate of drug-likeness (QED) is 0.581.